The normalized spacial score (nSPS) is 12.7. The van der Waals surface area contributed by atoms with Crippen molar-refractivity contribution in [2.75, 3.05) is 0 Å². The summed E-state index contributed by atoms with van der Waals surface area (Å²) >= 11 is 6.12. The molecule has 0 spiro atoms. The van der Waals surface area contributed by atoms with E-state index in [4.69, 9.17) is 16.6 Å². The van der Waals surface area contributed by atoms with Crippen molar-refractivity contribution in [2.24, 2.45) is 4.99 Å². The van der Waals surface area contributed by atoms with Gasteiger partial charge >= 0.3 is 0 Å². The zero-order valence-corrected chi connectivity index (χ0v) is 18.2. The van der Waals surface area contributed by atoms with Crippen molar-refractivity contribution in [1.82, 2.24) is 0 Å². The molecule has 0 bridgehead atoms. The largest absolute Gasteiger partial charge is 0.507 e. The maximum atomic E-state index is 12.3. The maximum Gasteiger partial charge on any atom is 0.137 e. The van der Waals surface area contributed by atoms with Gasteiger partial charge in [-0.3, -0.25) is 4.99 Å². The summed E-state index contributed by atoms with van der Waals surface area (Å²) < 4.78 is 0. The minimum atomic E-state index is -1.39. The first kappa shape index (κ1) is 21.8. The quantitative estimate of drug-likeness (QED) is 0.345. The minimum Gasteiger partial charge on any atom is -0.507 e. The number of rotatable bonds is 7. The summed E-state index contributed by atoms with van der Waals surface area (Å²) in [4.78, 5) is 4.82. The lowest BCUT2D eigenvalue weighted by Crippen LogP contribution is -2.41. The van der Waals surface area contributed by atoms with Gasteiger partial charge in [-0.15, -0.1) is 0 Å². The highest BCUT2D eigenvalue weighted by molar-refractivity contribution is 6.30. The summed E-state index contributed by atoms with van der Waals surface area (Å²) in [6, 6.07) is 33.4. The van der Waals surface area contributed by atoms with Gasteiger partial charge in [0.25, 0.3) is 0 Å². The molecule has 160 valence electrons. The van der Waals surface area contributed by atoms with Crippen LogP contribution in [0.5, 0.6) is 5.75 Å². The number of phenolic OH excluding ortho intramolecular Hbond substituents is 1. The molecule has 4 rings (SSSR count). The van der Waals surface area contributed by atoms with E-state index < -0.39 is 11.6 Å². The van der Waals surface area contributed by atoms with Crippen LogP contribution in [0.4, 0.5) is 0 Å². The molecule has 0 fully saturated rings. The summed E-state index contributed by atoms with van der Waals surface area (Å²) in [7, 11) is 0. The van der Waals surface area contributed by atoms with Gasteiger partial charge in [0.1, 0.15) is 11.4 Å². The summed E-state index contributed by atoms with van der Waals surface area (Å²) in [6.45, 7) is 0. The number of phenols is 1. The molecule has 0 saturated heterocycles. The van der Waals surface area contributed by atoms with E-state index in [1.807, 2.05) is 91.0 Å². The fourth-order valence-electron chi connectivity index (χ4n) is 3.88. The molecule has 0 radical (unpaired) electrons. The average molecular weight is 442 g/mol. The Labute approximate surface area is 193 Å². The second-order valence-electron chi connectivity index (χ2n) is 7.69. The van der Waals surface area contributed by atoms with Gasteiger partial charge in [-0.2, -0.15) is 0 Å². The topological polar surface area (TPSA) is 52.8 Å². The number of aliphatic hydroxyl groups is 1. The van der Waals surface area contributed by atoms with Crippen LogP contribution in [0, 0.1) is 0 Å². The van der Waals surface area contributed by atoms with E-state index in [0.29, 0.717) is 17.0 Å². The summed E-state index contributed by atoms with van der Waals surface area (Å²) in [5.74, 6) is 0.0829. The van der Waals surface area contributed by atoms with E-state index >= 15 is 0 Å². The molecule has 4 aromatic rings. The van der Waals surface area contributed by atoms with Crippen LogP contribution in [-0.2, 0) is 12.0 Å². The Hall–Kier alpha value is -3.40. The van der Waals surface area contributed by atoms with Gasteiger partial charge in [0, 0.05) is 16.8 Å². The number of aliphatic imine (C=N–C) groups is 1. The van der Waals surface area contributed by atoms with Crippen molar-refractivity contribution in [3.8, 4) is 5.75 Å². The molecule has 0 heterocycles. The molecule has 0 aliphatic carbocycles. The van der Waals surface area contributed by atoms with Crippen LogP contribution in [0.3, 0.4) is 0 Å². The Morgan fingerprint density at radius 2 is 1.31 bits per heavy atom. The minimum absolute atomic E-state index is 0.0829. The second kappa shape index (κ2) is 9.82. The molecule has 0 aromatic heterocycles. The van der Waals surface area contributed by atoms with Gasteiger partial charge in [0.2, 0.25) is 0 Å². The Morgan fingerprint density at radius 3 is 1.88 bits per heavy atom. The lowest BCUT2D eigenvalue weighted by molar-refractivity contribution is 0.0528. The lowest BCUT2D eigenvalue weighted by atomic mass is 9.78. The van der Waals surface area contributed by atoms with Gasteiger partial charge in [-0.25, -0.2) is 0 Å². The van der Waals surface area contributed by atoms with Crippen molar-refractivity contribution in [3.63, 3.8) is 0 Å². The van der Waals surface area contributed by atoms with Gasteiger partial charge in [-0.1, -0.05) is 103 Å². The number of aromatic hydroxyl groups is 1. The molecule has 0 saturated carbocycles. The molecule has 32 heavy (non-hydrogen) atoms. The zero-order chi connectivity index (χ0) is 22.4. The highest BCUT2D eigenvalue weighted by Crippen LogP contribution is 2.36. The smallest absolute Gasteiger partial charge is 0.137 e. The zero-order valence-electron chi connectivity index (χ0n) is 17.5. The first-order valence-corrected chi connectivity index (χ1v) is 10.8. The van der Waals surface area contributed by atoms with Gasteiger partial charge in [0.05, 0.1) is 6.04 Å². The van der Waals surface area contributed by atoms with E-state index in [1.165, 1.54) is 6.07 Å². The lowest BCUT2D eigenvalue weighted by Gasteiger charge is -2.35. The van der Waals surface area contributed by atoms with Crippen LogP contribution in [0.15, 0.2) is 114 Å². The molecule has 3 nitrogen and oxygen atoms in total. The molecule has 1 atom stereocenters. The summed E-state index contributed by atoms with van der Waals surface area (Å²) in [5, 5.41) is 23.0. The van der Waals surface area contributed by atoms with E-state index in [-0.39, 0.29) is 5.75 Å². The number of hydrogen-bond donors (Lipinski definition) is 2. The van der Waals surface area contributed by atoms with Crippen molar-refractivity contribution in [1.29, 1.82) is 0 Å². The first-order valence-electron chi connectivity index (χ1n) is 10.5. The van der Waals surface area contributed by atoms with E-state index in [0.717, 1.165) is 16.7 Å². The monoisotopic (exact) mass is 441 g/mol. The molecule has 0 unspecified atom stereocenters. The summed E-state index contributed by atoms with van der Waals surface area (Å²) in [6.07, 6.45) is 2.09. The van der Waals surface area contributed by atoms with Crippen LogP contribution < -0.4 is 0 Å². The Morgan fingerprint density at radius 1 is 0.781 bits per heavy atom. The SMILES string of the molecule is Oc1ccc(Cl)cc1C=N[C@@H](Cc1ccccc1)C(O)(c1ccccc1)c1ccccc1. The van der Waals surface area contributed by atoms with Crippen LogP contribution >= 0.6 is 11.6 Å². The number of nitrogens with zero attached hydrogens (tertiary/aromatic N) is 1. The van der Waals surface area contributed by atoms with Gasteiger partial charge in [0.15, 0.2) is 0 Å². The van der Waals surface area contributed by atoms with E-state index in [9.17, 15) is 10.2 Å². The number of benzene rings is 4. The Kier molecular flexibility index (Phi) is 6.69. The summed E-state index contributed by atoms with van der Waals surface area (Å²) in [5.41, 5.74) is 1.66. The van der Waals surface area contributed by atoms with E-state index in [2.05, 4.69) is 0 Å². The van der Waals surface area contributed by atoms with Gasteiger partial charge in [-0.05, 0) is 41.3 Å². The Bertz CT molecular complexity index is 1140. The van der Waals surface area contributed by atoms with Crippen molar-refractivity contribution in [3.05, 3.63) is 136 Å². The second-order valence-corrected chi connectivity index (χ2v) is 8.12. The van der Waals surface area contributed by atoms with Crippen molar-refractivity contribution >= 4 is 17.8 Å². The van der Waals surface area contributed by atoms with Gasteiger partial charge < -0.3 is 10.2 Å². The third kappa shape index (κ3) is 4.75. The number of halogens is 1. The molecular formula is C28H24ClNO2. The van der Waals surface area contributed by atoms with Crippen molar-refractivity contribution in [2.45, 2.75) is 18.1 Å². The molecule has 0 aliphatic rings. The van der Waals surface area contributed by atoms with Crippen LogP contribution in [0.1, 0.15) is 22.3 Å². The number of hydrogen-bond acceptors (Lipinski definition) is 3. The standard InChI is InChI=1S/C28H24ClNO2/c29-25-16-17-26(31)22(19-25)20-30-27(18-21-10-4-1-5-11-21)28(32,23-12-6-2-7-13-23)24-14-8-3-9-15-24/h1-17,19-20,27,31-32H,18H2/t27-/m0/s1. The van der Waals surface area contributed by atoms with Crippen molar-refractivity contribution < 1.29 is 10.2 Å². The molecule has 4 heteroatoms. The first-order chi connectivity index (χ1) is 15.6. The predicted molar refractivity (Wildman–Crippen MR) is 131 cm³/mol. The van der Waals surface area contributed by atoms with Crippen LogP contribution in [-0.4, -0.2) is 22.5 Å². The Balaban J connectivity index is 1.85. The fraction of sp³-hybridized carbons (Fsp3) is 0.107. The molecular weight excluding hydrogens is 418 g/mol. The average Bonchev–Trinajstić information content (AvgIpc) is 2.85. The molecule has 0 aliphatic heterocycles. The molecule has 2 N–H and O–H groups in total. The molecule has 0 amide bonds. The third-order valence-corrected chi connectivity index (χ3v) is 5.80. The maximum absolute atomic E-state index is 12.3. The van der Waals surface area contributed by atoms with Crippen LogP contribution in [0.2, 0.25) is 5.02 Å². The third-order valence-electron chi connectivity index (χ3n) is 5.57. The fourth-order valence-corrected chi connectivity index (χ4v) is 4.06. The predicted octanol–water partition coefficient (Wildman–Crippen LogP) is 6.01. The highest BCUT2D eigenvalue weighted by atomic mass is 35.5. The van der Waals surface area contributed by atoms with Crippen LogP contribution in [0.25, 0.3) is 0 Å². The molecule has 4 aromatic carbocycles. The van der Waals surface area contributed by atoms with E-state index in [1.54, 1.807) is 18.3 Å². The highest BCUT2D eigenvalue weighted by Gasteiger charge is 2.40.